The number of hydrogen-bond donors (Lipinski definition) is 0. The van der Waals surface area contributed by atoms with Gasteiger partial charge in [-0.1, -0.05) is 55.5 Å². The van der Waals surface area contributed by atoms with Crippen LogP contribution in [0.5, 0.6) is 0 Å². The number of rotatable bonds is 5. The molecule has 2 heteroatoms. The minimum atomic E-state index is -0.292. The molecular formula is C14H16O2. The molecule has 0 amide bonds. The van der Waals surface area contributed by atoms with Crippen molar-refractivity contribution in [3.8, 4) is 0 Å². The molecule has 2 nitrogen and oxygen atoms in total. The first-order valence-corrected chi connectivity index (χ1v) is 5.39. The smallest absolute Gasteiger partial charge is 0.330 e. The third kappa shape index (κ3) is 5.15. The molecule has 0 aliphatic carbocycles. The molecule has 0 aliphatic heterocycles. The summed E-state index contributed by atoms with van der Waals surface area (Å²) in [6.45, 7) is 2.44. The van der Waals surface area contributed by atoms with Gasteiger partial charge in [0.2, 0.25) is 0 Å². The number of ether oxygens (including phenoxy) is 1. The van der Waals surface area contributed by atoms with E-state index < -0.39 is 0 Å². The molecule has 84 valence electrons. The molecule has 0 unspecified atom stereocenters. The number of carbonyl (C=O) groups excluding carboxylic acids is 1. The van der Waals surface area contributed by atoms with Crippen LogP contribution in [0.2, 0.25) is 0 Å². The normalized spacial score (nSPS) is 11.1. The zero-order valence-electron chi connectivity index (χ0n) is 9.43. The lowest BCUT2D eigenvalue weighted by atomic mass is 10.2. The van der Waals surface area contributed by atoms with E-state index in [0.29, 0.717) is 6.61 Å². The third-order valence-electron chi connectivity index (χ3n) is 1.88. The molecule has 1 aromatic rings. The van der Waals surface area contributed by atoms with Gasteiger partial charge in [0.05, 0.1) is 6.61 Å². The van der Waals surface area contributed by atoms with E-state index >= 15 is 0 Å². The van der Waals surface area contributed by atoms with Gasteiger partial charge in [-0.3, -0.25) is 0 Å². The van der Waals surface area contributed by atoms with Crippen LogP contribution in [0.1, 0.15) is 18.9 Å². The molecule has 0 saturated heterocycles. The topological polar surface area (TPSA) is 26.3 Å². The van der Waals surface area contributed by atoms with Gasteiger partial charge in [0.1, 0.15) is 0 Å². The fourth-order valence-corrected chi connectivity index (χ4v) is 1.12. The molecule has 1 aromatic carbocycles. The second-order valence-corrected chi connectivity index (χ2v) is 3.30. The summed E-state index contributed by atoms with van der Waals surface area (Å²) < 4.78 is 4.88. The summed E-state index contributed by atoms with van der Waals surface area (Å²) in [6, 6.07) is 9.91. The monoisotopic (exact) mass is 216 g/mol. The van der Waals surface area contributed by atoms with E-state index in [4.69, 9.17) is 4.74 Å². The molecule has 1 rings (SSSR count). The lowest BCUT2D eigenvalue weighted by molar-refractivity contribution is -0.137. The fourth-order valence-electron chi connectivity index (χ4n) is 1.12. The maximum atomic E-state index is 11.1. The van der Waals surface area contributed by atoms with Gasteiger partial charge in [0, 0.05) is 6.08 Å². The van der Waals surface area contributed by atoms with Crippen molar-refractivity contribution < 1.29 is 9.53 Å². The van der Waals surface area contributed by atoms with E-state index in [1.54, 1.807) is 6.08 Å². The van der Waals surface area contributed by atoms with Crippen molar-refractivity contribution in [2.45, 2.75) is 13.3 Å². The molecule has 16 heavy (non-hydrogen) atoms. The molecule has 0 bridgehead atoms. The zero-order valence-corrected chi connectivity index (χ0v) is 9.43. The van der Waals surface area contributed by atoms with Crippen molar-refractivity contribution in [2.24, 2.45) is 0 Å². The van der Waals surface area contributed by atoms with E-state index in [1.807, 2.05) is 49.4 Å². The standard InChI is InChI=1S/C14H16O2/c1-2-12-16-14(15)11-7-6-10-13-8-4-3-5-9-13/h3-11H,2,12H2,1H3/b10-6+,11-7+. The molecular weight excluding hydrogens is 200 g/mol. The van der Waals surface area contributed by atoms with Crippen LogP contribution in [-0.4, -0.2) is 12.6 Å². The fraction of sp³-hybridized carbons (Fsp3) is 0.214. The van der Waals surface area contributed by atoms with Gasteiger partial charge in [-0.25, -0.2) is 4.79 Å². The summed E-state index contributed by atoms with van der Waals surface area (Å²) in [5.74, 6) is -0.292. The van der Waals surface area contributed by atoms with E-state index in [9.17, 15) is 4.79 Å². The highest BCUT2D eigenvalue weighted by Crippen LogP contribution is 2.00. The Bertz CT molecular complexity index is 364. The van der Waals surface area contributed by atoms with E-state index in [1.165, 1.54) is 6.08 Å². The van der Waals surface area contributed by atoms with Gasteiger partial charge < -0.3 is 4.74 Å². The number of esters is 1. The Morgan fingerprint density at radius 2 is 2.00 bits per heavy atom. The number of allylic oxidation sites excluding steroid dienone is 2. The van der Waals surface area contributed by atoms with Crippen LogP contribution in [-0.2, 0) is 9.53 Å². The van der Waals surface area contributed by atoms with Gasteiger partial charge in [-0.15, -0.1) is 0 Å². The molecule has 0 aliphatic rings. The number of benzene rings is 1. The average molecular weight is 216 g/mol. The Labute approximate surface area is 96.2 Å². The molecule has 0 heterocycles. The van der Waals surface area contributed by atoms with Crippen LogP contribution in [0.3, 0.4) is 0 Å². The minimum absolute atomic E-state index is 0.292. The van der Waals surface area contributed by atoms with Gasteiger partial charge >= 0.3 is 5.97 Å². The van der Waals surface area contributed by atoms with Gasteiger partial charge in [-0.2, -0.15) is 0 Å². The summed E-state index contributed by atoms with van der Waals surface area (Å²) in [4.78, 5) is 11.1. The van der Waals surface area contributed by atoms with Crippen molar-refractivity contribution in [1.82, 2.24) is 0 Å². The Kier molecular flexibility index (Phi) is 5.71. The number of hydrogen-bond acceptors (Lipinski definition) is 2. The predicted molar refractivity (Wildman–Crippen MR) is 65.9 cm³/mol. The molecule has 0 saturated carbocycles. The highest BCUT2D eigenvalue weighted by Gasteiger charge is 1.92. The minimum Gasteiger partial charge on any atom is -0.463 e. The van der Waals surface area contributed by atoms with Gasteiger partial charge in [0.25, 0.3) is 0 Å². The first kappa shape index (κ1) is 12.2. The maximum Gasteiger partial charge on any atom is 0.330 e. The predicted octanol–water partition coefficient (Wildman–Crippen LogP) is 3.21. The SMILES string of the molecule is CCCOC(=O)/C=C/C=C/c1ccccc1. The van der Waals surface area contributed by atoms with Gasteiger partial charge in [0.15, 0.2) is 0 Å². The summed E-state index contributed by atoms with van der Waals surface area (Å²) in [7, 11) is 0. The second kappa shape index (κ2) is 7.46. The van der Waals surface area contributed by atoms with E-state index in [2.05, 4.69) is 0 Å². The van der Waals surface area contributed by atoms with Crippen LogP contribution >= 0.6 is 0 Å². The molecule has 0 spiro atoms. The molecule has 0 radical (unpaired) electrons. The summed E-state index contributed by atoms with van der Waals surface area (Å²) in [6.07, 6.45) is 7.71. The van der Waals surface area contributed by atoms with Crippen LogP contribution in [0.25, 0.3) is 6.08 Å². The van der Waals surface area contributed by atoms with E-state index in [0.717, 1.165) is 12.0 Å². The van der Waals surface area contributed by atoms with Crippen LogP contribution in [0.4, 0.5) is 0 Å². The largest absolute Gasteiger partial charge is 0.463 e. The number of carbonyl (C=O) groups is 1. The van der Waals surface area contributed by atoms with Crippen LogP contribution in [0, 0.1) is 0 Å². The van der Waals surface area contributed by atoms with Crippen molar-refractivity contribution >= 4 is 12.0 Å². The first-order chi connectivity index (χ1) is 7.83. The Morgan fingerprint density at radius 1 is 1.25 bits per heavy atom. The summed E-state index contributed by atoms with van der Waals surface area (Å²) in [5.41, 5.74) is 1.11. The molecule has 0 N–H and O–H groups in total. The van der Waals surface area contributed by atoms with Crippen molar-refractivity contribution in [2.75, 3.05) is 6.61 Å². The zero-order chi connectivity index (χ0) is 11.6. The lowest BCUT2D eigenvalue weighted by Gasteiger charge is -1.95. The highest BCUT2D eigenvalue weighted by molar-refractivity contribution is 5.82. The lowest BCUT2D eigenvalue weighted by Crippen LogP contribution is -2.00. The second-order valence-electron chi connectivity index (χ2n) is 3.30. The molecule has 0 aromatic heterocycles. The Morgan fingerprint density at radius 3 is 2.69 bits per heavy atom. The van der Waals surface area contributed by atoms with Crippen molar-refractivity contribution in [3.05, 3.63) is 54.1 Å². The van der Waals surface area contributed by atoms with Gasteiger partial charge in [-0.05, 0) is 12.0 Å². The van der Waals surface area contributed by atoms with Crippen molar-refractivity contribution in [1.29, 1.82) is 0 Å². The van der Waals surface area contributed by atoms with Crippen molar-refractivity contribution in [3.63, 3.8) is 0 Å². The summed E-state index contributed by atoms with van der Waals surface area (Å²) in [5, 5.41) is 0. The molecule has 0 fully saturated rings. The first-order valence-electron chi connectivity index (χ1n) is 5.39. The summed E-state index contributed by atoms with van der Waals surface area (Å²) >= 11 is 0. The average Bonchev–Trinajstić information content (AvgIpc) is 2.33. The third-order valence-corrected chi connectivity index (χ3v) is 1.88. The quantitative estimate of drug-likeness (QED) is 0.429. The van der Waals surface area contributed by atoms with Crippen LogP contribution in [0.15, 0.2) is 48.6 Å². The Balaban J connectivity index is 2.36. The van der Waals surface area contributed by atoms with E-state index in [-0.39, 0.29) is 5.97 Å². The van der Waals surface area contributed by atoms with Crippen LogP contribution < -0.4 is 0 Å². The maximum absolute atomic E-state index is 11.1. The Hall–Kier alpha value is -1.83. The molecule has 0 atom stereocenters. The highest BCUT2D eigenvalue weighted by atomic mass is 16.5.